The normalized spacial score (nSPS) is 12.9. The van der Waals surface area contributed by atoms with E-state index in [4.69, 9.17) is 4.18 Å². The molecule has 0 rings (SSSR count). The largest absolute Gasteiger partial charge is 0.299 e. The summed E-state index contributed by atoms with van der Waals surface area (Å²) in [5.41, 5.74) is -1.87. The van der Waals surface area contributed by atoms with Crippen LogP contribution < -0.4 is 0 Å². The highest BCUT2D eigenvalue weighted by molar-refractivity contribution is 7.87. The number of alkyl halides is 1. The van der Waals surface area contributed by atoms with Gasteiger partial charge in [0.25, 0.3) is 10.1 Å². The zero-order valence-corrected chi connectivity index (χ0v) is 23.8. The molecule has 5 heteroatoms. The molecular formula is C29H59FO3S. The zero-order valence-electron chi connectivity index (χ0n) is 23.0. The minimum absolute atomic E-state index is 0.0665. The van der Waals surface area contributed by atoms with Crippen molar-refractivity contribution in [3.8, 4) is 0 Å². The Balaban J connectivity index is 3.43. The molecule has 206 valence electrons. The summed E-state index contributed by atoms with van der Waals surface area (Å²) >= 11 is 0. The average Bonchev–Trinajstić information content (AvgIpc) is 2.82. The van der Waals surface area contributed by atoms with Gasteiger partial charge in [0.15, 0.2) is 0 Å². The lowest BCUT2D eigenvalue weighted by Crippen LogP contribution is -2.19. The lowest BCUT2D eigenvalue weighted by atomic mass is 10.0. The summed E-state index contributed by atoms with van der Waals surface area (Å²) in [6.45, 7) is 4.60. The summed E-state index contributed by atoms with van der Waals surface area (Å²) in [5, 5.41) is 0. The van der Waals surface area contributed by atoms with Crippen molar-refractivity contribution >= 4 is 10.1 Å². The van der Waals surface area contributed by atoms with Crippen molar-refractivity contribution in [2.45, 2.75) is 180 Å². The van der Waals surface area contributed by atoms with Gasteiger partial charge >= 0.3 is 0 Å². The number of rotatable bonds is 28. The van der Waals surface area contributed by atoms with Crippen molar-refractivity contribution in [2.75, 3.05) is 6.61 Å². The van der Waals surface area contributed by atoms with Crippen molar-refractivity contribution in [2.24, 2.45) is 0 Å². The van der Waals surface area contributed by atoms with Gasteiger partial charge < -0.3 is 0 Å². The van der Waals surface area contributed by atoms with Gasteiger partial charge in [0, 0.05) is 0 Å². The lowest BCUT2D eigenvalue weighted by Gasteiger charge is -2.10. The van der Waals surface area contributed by atoms with Crippen LogP contribution in [0.25, 0.3) is 0 Å². The number of hydrogen-bond acceptors (Lipinski definition) is 3. The van der Waals surface area contributed by atoms with Crippen LogP contribution in [0.3, 0.4) is 0 Å². The van der Waals surface area contributed by atoms with Gasteiger partial charge in [-0.25, -0.2) is 4.39 Å². The van der Waals surface area contributed by atoms with E-state index in [0.29, 0.717) is 12.8 Å². The summed E-state index contributed by atoms with van der Waals surface area (Å²) in [6.07, 6.45) is 29.2. The molecular weight excluding hydrogens is 447 g/mol. The molecule has 0 saturated carbocycles. The molecule has 0 fully saturated rings. The first-order valence-corrected chi connectivity index (χ1v) is 16.5. The molecule has 1 atom stereocenters. The summed E-state index contributed by atoms with van der Waals surface area (Å²) < 4.78 is 42.9. The predicted octanol–water partition coefficient (Wildman–Crippen LogP) is 10.4. The summed E-state index contributed by atoms with van der Waals surface area (Å²) in [5.74, 6) is 0. The highest BCUT2D eigenvalue weighted by Gasteiger charge is 2.25. The van der Waals surface area contributed by atoms with Gasteiger partial charge in [-0.15, -0.1) is 0 Å². The molecule has 0 aromatic heterocycles. The van der Waals surface area contributed by atoms with Gasteiger partial charge in [-0.3, -0.25) is 4.18 Å². The third kappa shape index (κ3) is 23.6. The van der Waals surface area contributed by atoms with Crippen LogP contribution in [-0.4, -0.2) is 20.5 Å². The predicted molar refractivity (Wildman–Crippen MR) is 147 cm³/mol. The Hall–Kier alpha value is -0.160. The Morgan fingerprint density at radius 2 is 0.794 bits per heavy atom. The van der Waals surface area contributed by atoms with Crippen LogP contribution in [0.1, 0.15) is 174 Å². The second kappa shape index (κ2) is 25.9. The first-order chi connectivity index (χ1) is 16.5. The Morgan fingerprint density at radius 3 is 1.15 bits per heavy atom. The van der Waals surface area contributed by atoms with Crippen LogP contribution >= 0.6 is 0 Å². The SMILES string of the molecule is CCCCCCCCCCCCCCCCCOS(=O)(=O)C(F)CCCCCCCCCCC. The van der Waals surface area contributed by atoms with Gasteiger partial charge in [-0.2, -0.15) is 8.42 Å². The highest BCUT2D eigenvalue weighted by Crippen LogP contribution is 2.18. The fraction of sp³-hybridized carbons (Fsp3) is 1.00. The minimum atomic E-state index is -4.05. The maximum atomic E-state index is 14.1. The monoisotopic (exact) mass is 506 g/mol. The molecule has 0 aromatic rings. The Labute approximate surface area is 213 Å². The van der Waals surface area contributed by atoms with Gasteiger partial charge in [-0.05, 0) is 19.3 Å². The maximum Gasteiger partial charge on any atom is 0.299 e. The molecule has 0 N–H and O–H groups in total. The Kier molecular flexibility index (Phi) is 25.8. The second-order valence-electron chi connectivity index (χ2n) is 10.3. The van der Waals surface area contributed by atoms with E-state index < -0.39 is 15.6 Å². The molecule has 0 spiro atoms. The molecule has 34 heavy (non-hydrogen) atoms. The number of hydrogen-bond donors (Lipinski definition) is 0. The molecule has 0 aliphatic rings. The van der Waals surface area contributed by atoms with Crippen molar-refractivity contribution in [3.63, 3.8) is 0 Å². The molecule has 0 heterocycles. The van der Waals surface area contributed by atoms with Gasteiger partial charge in [0.05, 0.1) is 6.61 Å². The maximum absolute atomic E-state index is 14.1. The van der Waals surface area contributed by atoms with Crippen LogP contribution in [0.15, 0.2) is 0 Å². The molecule has 0 amide bonds. The van der Waals surface area contributed by atoms with Crippen LogP contribution in [0.2, 0.25) is 0 Å². The number of unbranched alkanes of at least 4 members (excludes halogenated alkanes) is 22. The van der Waals surface area contributed by atoms with E-state index in [9.17, 15) is 12.8 Å². The summed E-state index contributed by atoms with van der Waals surface area (Å²) in [6, 6.07) is 0. The number of halogens is 1. The standard InChI is InChI=1S/C29H59FO3S/c1-3-5-7-9-11-13-14-15-16-17-18-20-22-24-26-28-33-34(31,32)29(30)27-25-23-21-19-12-10-8-6-4-2/h29H,3-28H2,1-2H3. The Bertz CT molecular complexity index is 496. The van der Waals surface area contributed by atoms with E-state index in [0.717, 1.165) is 25.7 Å². The summed E-state index contributed by atoms with van der Waals surface area (Å²) in [4.78, 5) is 0. The minimum Gasteiger partial charge on any atom is -0.268 e. The quantitative estimate of drug-likeness (QED) is 0.0782. The van der Waals surface area contributed by atoms with E-state index in [2.05, 4.69) is 13.8 Å². The van der Waals surface area contributed by atoms with Gasteiger partial charge in [0.2, 0.25) is 5.50 Å². The molecule has 0 bridgehead atoms. The van der Waals surface area contributed by atoms with Crippen LogP contribution in [0, 0.1) is 0 Å². The van der Waals surface area contributed by atoms with Crippen molar-refractivity contribution < 1.29 is 17.0 Å². The first kappa shape index (κ1) is 33.8. The lowest BCUT2D eigenvalue weighted by molar-refractivity contribution is 0.270. The third-order valence-electron chi connectivity index (χ3n) is 6.84. The molecule has 3 nitrogen and oxygen atoms in total. The van der Waals surface area contributed by atoms with Crippen molar-refractivity contribution in [1.29, 1.82) is 0 Å². The van der Waals surface area contributed by atoms with Crippen LogP contribution in [0.5, 0.6) is 0 Å². The van der Waals surface area contributed by atoms with E-state index in [1.165, 1.54) is 116 Å². The molecule has 0 saturated heterocycles. The fourth-order valence-corrected chi connectivity index (χ4v) is 5.44. The Morgan fingerprint density at radius 1 is 0.500 bits per heavy atom. The third-order valence-corrected chi connectivity index (χ3v) is 8.20. The smallest absolute Gasteiger partial charge is 0.268 e. The second-order valence-corrected chi connectivity index (χ2v) is 12.0. The molecule has 1 unspecified atom stereocenters. The highest BCUT2D eigenvalue weighted by atomic mass is 32.2. The zero-order chi connectivity index (χ0) is 25.2. The molecule has 0 aliphatic carbocycles. The topological polar surface area (TPSA) is 43.4 Å². The van der Waals surface area contributed by atoms with E-state index in [1.807, 2.05) is 0 Å². The van der Waals surface area contributed by atoms with E-state index in [-0.39, 0.29) is 13.0 Å². The van der Waals surface area contributed by atoms with Crippen LogP contribution in [-0.2, 0) is 14.3 Å². The van der Waals surface area contributed by atoms with Gasteiger partial charge in [-0.1, -0.05) is 155 Å². The summed E-state index contributed by atoms with van der Waals surface area (Å²) in [7, 11) is -4.05. The van der Waals surface area contributed by atoms with E-state index in [1.54, 1.807) is 0 Å². The van der Waals surface area contributed by atoms with E-state index >= 15 is 0 Å². The van der Waals surface area contributed by atoms with Gasteiger partial charge in [0.1, 0.15) is 0 Å². The van der Waals surface area contributed by atoms with Crippen molar-refractivity contribution in [1.82, 2.24) is 0 Å². The van der Waals surface area contributed by atoms with Crippen LogP contribution in [0.4, 0.5) is 4.39 Å². The average molecular weight is 507 g/mol. The van der Waals surface area contributed by atoms with Crippen molar-refractivity contribution in [3.05, 3.63) is 0 Å². The molecule has 0 aromatic carbocycles. The fourth-order valence-electron chi connectivity index (χ4n) is 4.48. The molecule has 0 aliphatic heterocycles. The first-order valence-electron chi connectivity index (χ1n) is 15.1. The molecule has 0 radical (unpaired) electrons.